The topological polar surface area (TPSA) is 35.5 Å². The predicted octanol–water partition coefficient (Wildman–Crippen LogP) is 0.984. The number of likely N-dealkylation sites (N-methyl/N-ethyl adjacent to an activating group) is 1. The van der Waals surface area contributed by atoms with E-state index in [1.807, 2.05) is 6.92 Å². The van der Waals surface area contributed by atoms with Crippen LogP contribution in [0.15, 0.2) is 0 Å². The molecule has 0 aromatic carbocycles. The zero-order valence-electron chi connectivity index (χ0n) is 9.43. The lowest BCUT2D eigenvalue weighted by Gasteiger charge is -2.25. The van der Waals surface area contributed by atoms with Gasteiger partial charge in [0.2, 0.25) is 0 Å². The summed E-state index contributed by atoms with van der Waals surface area (Å²) in [5, 5.41) is 12.5. The predicted molar refractivity (Wildman–Crippen MR) is 55.2 cm³/mol. The highest BCUT2D eigenvalue weighted by molar-refractivity contribution is 4.87. The van der Waals surface area contributed by atoms with E-state index in [9.17, 15) is 18.3 Å². The van der Waals surface area contributed by atoms with Gasteiger partial charge in [-0.25, -0.2) is 0 Å². The van der Waals surface area contributed by atoms with E-state index in [0.29, 0.717) is 13.1 Å². The van der Waals surface area contributed by atoms with Gasteiger partial charge in [0, 0.05) is 19.1 Å². The van der Waals surface area contributed by atoms with E-state index in [4.69, 9.17) is 0 Å². The first kappa shape index (κ1) is 13.7. The third-order valence-electron chi connectivity index (χ3n) is 2.52. The first-order valence-corrected chi connectivity index (χ1v) is 5.62. The molecule has 0 aromatic rings. The minimum Gasteiger partial charge on any atom is -0.390 e. The minimum absolute atomic E-state index is 0.0119. The van der Waals surface area contributed by atoms with Gasteiger partial charge in [-0.05, 0) is 19.4 Å². The molecule has 0 saturated heterocycles. The number of alkyl halides is 3. The Labute approximate surface area is 93.6 Å². The van der Waals surface area contributed by atoms with Crippen molar-refractivity contribution in [1.82, 2.24) is 10.2 Å². The first-order valence-electron chi connectivity index (χ1n) is 5.62. The molecule has 1 fully saturated rings. The maximum absolute atomic E-state index is 12.3. The first-order chi connectivity index (χ1) is 7.42. The fourth-order valence-electron chi connectivity index (χ4n) is 1.66. The summed E-state index contributed by atoms with van der Waals surface area (Å²) in [5.74, 6) is 0. The maximum atomic E-state index is 12.3. The molecule has 0 bridgehead atoms. The van der Waals surface area contributed by atoms with Crippen LogP contribution in [0.2, 0.25) is 0 Å². The molecule has 0 aromatic heterocycles. The Morgan fingerprint density at radius 2 is 2.06 bits per heavy atom. The molecule has 1 aliphatic rings. The molecule has 0 heterocycles. The van der Waals surface area contributed by atoms with Gasteiger partial charge >= 0.3 is 6.18 Å². The molecule has 0 amide bonds. The van der Waals surface area contributed by atoms with Crippen molar-refractivity contribution in [3.8, 4) is 0 Å². The summed E-state index contributed by atoms with van der Waals surface area (Å²) in [6.45, 7) is 2.12. The van der Waals surface area contributed by atoms with Gasteiger partial charge in [0.05, 0.1) is 12.6 Å². The van der Waals surface area contributed by atoms with Crippen LogP contribution in [0, 0.1) is 0 Å². The van der Waals surface area contributed by atoms with Crippen LogP contribution in [0.5, 0.6) is 0 Å². The number of hydrogen-bond donors (Lipinski definition) is 2. The molecule has 1 saturated carbocycles. The molecule has 6 heteroatoms. The molecule has 3 nitrogen and oxygen atoms in total. The maximum Gasteiger partial charge on any atom is 0.401 e. The number of halogens is 3. The van der Waals surface area contributed by atoms with E-state index in [1.165, 1.54) is 4.90 Å². The van der Waals surface area contributed by atoms with Crippen LogP contribution in [-0.2, 0) is 0 Å². The molecule has 0 spiro atoms. The molecular weight excluding hydrogens is 221 g/mol. The average molecular weight is 240 g/mol. The average Bonchev–Trinajstić information content (AvgIpc) is 2.94. The third-order valence-corrected chi connectivity index (χ3v) is 2.52. The lowest BCUT2D eigenvalue weighted by molar-refractivity contribution is -0.149. The van der Waals surface area contributed by atoms with Crippen LogP contribution in [0.4, 0.5) is 13.2 Å². The Morgan fingerprint density at radius 3 is 2.50 bits per heavy atom. The third kappa shape index (κ3) is 5.67. The van der Waals surface area contributed by atoms with Gasteiger partial charge in [0.25, 0.3) is 0 Å². The van der Waals surface area contributed by atoms with Gasteiger partial charge in [-0.3, -0.25) is 4.90 Å². The van der Waals surface area contributed by atoms with Crippen molar-refractivity contribution in [2.45, 2.75) is 38.1 Å². The van der Waals surface area contributed by atoms with Crippen LogP contribution >= 0.6 is 0 Å². The fraction of sp³-hybridized carbons (Fsp3) is 1.00. The second kappa shape index (κ2) is 5.84. The van der Waals surface area contributed by atoms with Crippen molar-refractivity contribution in [2.75, 3.05) is 26.2 Å². The number of nitrogens with one attached hydrogen (secondary N) is 1. The van der Waals surface area contributed by atoms with Gasteiger partial charge in [-0.2, -0.15) is 13.2 Å². The Kier molecular flexibility index (Phi) is 5.01. The van der Waals surface area contributed by atoms with E-state index in [0.717, 1.165) is 12.8 Å². The molecule has 96 valence electrons. The van der Waals surface area contributed by atoms with Crippen molar-refractivity contribution in [3.05, 3.63) is 0 Å². The number of hydrogen-bond acceptors (Lipinski definition) is 3. The summed E-state index contributed by atoms with van der Waals surface area (Å²) in [4.78, 5) is 1.34. The Bertz CT molecular complexity index is 207. The Balaban J connectivity index is 2.33. The van der Waals surface area contributed by atoms with E-state index in [1.54, 1.807) is 0 Å². The van der Waals surface area contributed by atoms with Gasteiger partial charge in [0.15, 0.2) is 0 Å². The summed E-state index contributed by atoms with van der Waals surface area (Å²) in [7, 11) is 0. The molecule has 1 atom stereocenters. The van der Waals surface area contributed by atoms with Gasteiger partial charge < -0.3 is 10.4 Å². The fourth-order valence-corrected chi connectivity index (χ4v) is 1.66. The van der Waals surface area contributed by atoms with Crippen molar-refractivity contribution >= 4 is 0 Å². The highest BCUT2D eigenvalue weighted by Crippen LogP contribution is 2.30. The van der Waals surface area contributed by atoms with E-state index in [-0.39, 0.29) is 12.6 Å². The van der Waals surface area contributed by atoms with Gasteiger partial charge in [-0.15, -0.1) is 0 Å². The molecule has 16 heavy (non-hydrogen) atoms. The molecule has 0 aliphatic heterocycles. The number of aliphatic hydroxyl groups excluding tert-OH is 1. The normalized spacial score (nSPS) is 19.1. The smallest absolute Gasteiger partial charge is 0.390 e. The Hall–Kier alpha value is -0.330. The van der Waals surface area contributed by atoms with Gasteiger partial charge in [-0.1, -0.05) is 6.92 Å². The van der Waals surface area contributed by atoms with Crippen molar-refractivity contribution in [2.24, 2.45) is 0 Å². The lowest BCUT2D eigenvalue weighted by atomic mass is 10.3. The van der Waals surface area contributed by atoms with E-state index < -0.39 is 18.8 Å². The van der Waals surface area contributed by atoms with Crippen LogP contribution in [0.3, 0.4) is 0 Å². The highest BCUT2D eigenvalue weighted by atomic mass is 19.4. The van der Waals surface area contributed by atoms with Crippen molar-refractivity contribution in [1.29, 1.82) is 0 Å². The van der Waals surface area contributed by atoms with Crippen LogP contribution in [0.25, 0.3) is 0 Å². The highest BCUT2D eigenvalue weighted by Gasteiger charge is 2.38. The number of nitrogens with zero attached hydrogens (tertiary/aromatic N) is 1. The van der Waals surface area contributed by atoms with E-state index >= 15 is 0 Å². The number of aliphatic hydroxyl groups is 1. The van der Waals surface area contributed by atoms with Crippen LogP contribution < -0.4 is 5.32 Å². The zero-order valence-corrected chi connectivity index (χ0v) is 9.43. The molecule has 2 N–H and O–H groups in total. The largest absolute Gasteiger partial charge is 0.401 e. The summed E-state index contributed by atoms with van der Waals surface area (Å²) < 4.78 is 36.8. The van der Waals surface area contributed by atoms with Crippen molar-refractivity contribution in [3.63, 3.8) is 0 Å². The standard InChI is InChI=1S/C10H19F3N2O/c1-2-14-5-9(16)6-15(8-3-4-8)7-10(11,12)13/h8-9,14,16H,2-7H2,1H3. The van der Waals surface area contributed by atoms with Crippen molar-refractivity contribution < 1.29 is 18.3 Å². The van der Waals surface area contributed by atoms with E-state index in [2.05, 4.69) is 5.32 Å². The molecular formula is C10H19F3N2O. The Morgan fingerprint density at radius 1 is 1.44 bits per heavy atom. The summed E-state index contributed by atoms with van der Waals surface area (Å²) >= 11 is 0. The second-order valence-electron chi connectivity index (χ2n) is 4.24. The quantitative estimate of drug-likeness (QED) is 0.696. The molecule has 1 unspecified atom stereocenters. The summed E-state index contributed by atoms with van der Waals surface area (Å²) in [6.07, 6.45) is -3.29. The molecule has 1 rings (SSSR count). The van der Waals surface area contributed by atoms with Crippen LogP contribution in [-0.4, -0.2) is 54.5 Å². The number of rotatable bonds is 7. The molecule has 0 radical (unpaired) electrons. The zero-order chi connectivity index (χ0) is 12.2. The SMILES string of the molecule is CCNCC(O)CN(CC(F)(F)F)C1CC1. The minimum atomic E-state index is -4.18. The second-order valence-corrected chi connectivity index (χ2v) is 4.24. The monoisotopic (exact) mass is 240 g/mol. The van der Waals surface area contributed by atoms with Gasteiger partial charge in [0.1, 0.15) is 0 Å². The lowest BCUT2D eigenvalue weighted by Crippen LogP contribution is -2.43. The summed E-state index contributed by atoms with van der Waals surface area (Å²) in [5.41, 5.74) is 0. The summed E-state index contributed by atoms with van der Waals surface area (Å²) in [6, 6.07) is 0.0119. The van der Waals surface area contributed by atoms with Crippen LogP contribution in [0.1, 0.15) is 19.8 Å². The molecule has 1 aliphatic carbocycles.